The Morgan fingerprint density at radius 2 is 1.93 bits per heavy atom. The lowest BCUT2D eigenvalue weighted by atomic mass is 9.96. The highest BCUT2D eigenvalue weighted by atomic mass is 16.1. The average molecular weight is 376 g/mol. The molecule has 0 saturated heterocycles. The Labute approximate surface area is 164 Å². The lowest BCUT2D eigenvalue weighted by molar-refractivity contribution is -0.114. The van der Waals surface area contributed by atoms with Crippen LogP contribution in [-0.4, -0.2) is 44.1 Å². The first-order valence-electron chi connectivity index (χ1n) is 9.40. The molecule has 0 fully saturated rings. The third-order valence-corrected chi connectivity index (χ3v) is 4.92. The van der Waals surface area contributed by atoms with Crippen LogP contribution in [-0.2, 0) is 17.8 Å². The number of benzene rings is 1. The molecule has 3 heterocycles. The van der Waals surface area contributed by atoms with Crippen LogP contribution in [0.2, 0.25) is 0 Å². The number of carbonyl (C=O) groups excluding carboxylic acids is 1. The molecule has 0 radical (unpaired) electrons. The number of fused-ring (bicyclic) bond motifs is 1. The zero-order valence-corrected chi connectivity index (χ0v) is 16.7. The predicted octanol–water partition coefficient (Wildman–Crippen LogP) is 2.89. The number of amides is 1. The van der Waals surface area contributed by atoms with Gasteiger partial charge < -0.3 is 10.2 Å². The average Bonchev–Trinajstić information content (AvgIpc) is 2.98. The number of hydrogen-bond acceptors (Lipinski definition) is 5. The van der Waals surface area contributed by atoms with E-state index in [1.165, 1.54) is 18.1 Å². The molecule has 1 aliphatic rings. The first-order valence-corrected chi connectivity index (χ1v) is 9.40. The van der Waals surface area contributed by atoms with Crippen LogP contribution in [0.25, 0.3) is 17.2 Å². The van der Waals surface area contributed by atoms with Crippen LogP contribution in [0.15, 0.2) is 30.3 Å². The quantitative estimate of drug-likeness (QED) is 0.761. The highest BCUT2D eigenvalue weighted by Crippen LogP contribution is 2.27. The normalized spacial score (nSPS) is 14.0. The molecule has 1 amide bonds. The van der Waals surface area contributed by atoms with Crippen LogP contribution in [0.1, 0.15) is 29.4 Å². The summed E-state index contributed by atoms with van der Waals surface area (Å²) in [6.45, 7) is 7.37. The molecule has 4 rings (SSSR count). The molecule has 1 aliphatic heterocycles. The van der Waals surface area contributed by atoms with Gasteiger partial charge in [-0.15, -0.1) is 0 Å². The first kappa shape index (κ1) is 18.3. The molecule has 7 heteroatoms. The number of aryl methyl sites for hydroxylation is 2. The maximum absolute atomic E-state index is 11.6. The molecule has 2 aromatic heterocycles. The summed E-state index contributed by atoms with van der Waals surface area (Å²) in [5.41, 5.74) is 6.30. The third-order valence-electron chi connectivity index (χ3n) is 4.92. The maximum Gasteiger partial charge on any atom is 0.253 e. The van der Waals surface area contributed by atoms with Crippen LogP contribution in [0, 0.1) is 13.8 Å². The number of carbonyl (C=O) groups is 1. The topological polar surface area (TPSA) is 75.9 Å². The summed E-state index contributed by atoms with van der Waals surface area (Å²) in [5.74, 6) is 0.743. The van der Waals surface area contributed by atoms with Crippen molar-refractivity contribution in [3.63, 3.8) is 0 Å². The summed E-state index contributed by atoms with van der Waals surface area (Å²) in [4.78, 5) is 23.2. The second kappa shape index (κ2) is 7.16. The molecule has 0 aliphatic carbocycles. The second-order valence-electron chi connectivity index (χ2n) is 7.43. The Morgan fingerprint density at radius 1 is 1.11 bits per heavy atom. The van der Waals surface area contributed by atoms with Gasteiger partial charge in [0, 0.05) is 37.3 Å². The third kappa shape index (κ3) is 3.66. The standard InChI is InChI=1S/C21H24N6O/c1-13-9-14(2)27(25-13)21-23-19(11-20(24-21)22-15(3)28)17-6-5-16-7-8-26(4)12-18(16)10-17/h5-6,9-11H,7-8,12H2,1-4H3,(H,22,23,24,28). The summed E-state index contributed by atoms with van der Waals surface area (Å²) in [6, 6.07) is 10.2. The summed E-state index contributed by atoms with van der Waals surface area (Å²) in [6.07, 6.45) is 1.06. The Kier molecular flexibility index (Phi) is 4.68. The minimum atomic E-state index is -0.170. The number of nitrogens with zero attached hydrogens (tertiary/aromatic N) is 5. The van der Waals surface area contributed by atoms with Crippen LogP contribution in [0.4, 0.5) is 5.82 Å². The van der Waals surface area contributed by atoms with Gasteiger partial charge in [-0.25, -0.2) is 9.67 Å². The van der Waals surface area contributed by atoms with Gasteiger partial charge in [0.25, 0.3) is 5.95 Å². The molecule has 0 atom stereocenters. The molecular formula is C21H24N6O. The number of anilines is 1. The van der Waals surface area contributed by atoms with E-state index in [0.717, 1.165) is 42.2 Å². The smallest absolute Gasteiger partial charge is 0.253 e. The SMILES string of the molecule is CC(=O)Nc1cc(-c2ccc3c(c2)CN(C)CC3)nc(-n2nc(C)cc2C)n1. The van der Waals surface area contributed by atoms with Gasteiger partial charge in [-0.2, -0.15) is 10.1 Å². The van der Waals surface area contributed by atoms with Gasteiger partial charge in [-0.05, 0) is 50.6 Å². The highest BCUT2D eigenvalue weighted by molar-refractivity contribution is 5.88. The largest absolute Gasteiger partial charge is 0.311 e. The molecule has 28 heavy (non-hydrogen) atoms. The van der Waals surface area contributed by atoms with Gasteiger partial charge in [0.1, 0.15) is 5.82 Å². The van der Waals surface area contributed by atoms with Crippen molar-refractivity contribution in [2.24, 2.45) is 0 Å². The number of aromatic nitrogens is 4. The zero-order chi connectivity index (χ0) is 19.8. The van der Waals surface area contributed by atoms with Crippen molar-refractivity contribution in [1.82, 2.24) is 24.6 Å². The van der Waals surface area contributed by atoms with Crippen LogP contribution >= 0.6 is 0 Å². The van der Waals surface area contributed by atoms with Crippen LogP contribution in [0.3, 0.4) is 0 Å². The fourth-order valence-corrected chi connectivity index (χ4v) is 3.61. The van der Waals surface area contributed by atoms with E-state index in [-0.39, 0.29) is 5.91 Å². The van der Waals surface area contributed by atoms with E-state index in [0.29, 0.717) is 11.8 Å². The fourth-order valence-electron chi connectivity index (χ4n) is 3.61. The highest BCUT2D eigenvalue weighted by Gasteiger charge is 2.16. The monoisotopic (exact) mass is 376 g/mol. The van der Waals surface area contributed by atoms with E-state index >= 15 is 0 Å². The van der Waals surface area contributed by atoms with Gasteiger partial charge in [-0.1, -0.05) is 12.1 Å². The lowest BCUT2D eigenvalue weighted by Crippen LogP contribution is -2.26. The molecule has 0 unspecified atom stereocenters. The minimum Gasteiger partial charge on any atom is -0.311 e. The van der Waals surface area contributed by atoms with E-state index in [9.17, 15) is 4.79 Å². The van der Waals surface area contributed by atoms with Crippen molar-refractivity contribution in [1.29, 1.82) is 0 Å². The number of hydrogen-bond donors (Lipinski definition) is 1. The van der Waals surface area contributed by atoms with Crippen molar-refractivity contribution >= 4 is 11.7 Å². The minimum absolute atomic E-state index is 0.170. The van der Waals surface area contributed by atoms with E-state index < -0.39 is 0 Å². The van der Waals surface area contributed by atoms with E-state index in [4.69, 9.17) is 4.98 Å². The molecule has 1 aromatic carbocycles. The molecular weight excluding hydrogens is 352 g/mol. The Balaban J connectivity index is 1.82. The zero-order valence-electron chi connectivity index (χ0n) is 16.7. The molecule has 3 aromatic rings. The van der Waals surface area contributed by atoms with Gasteiger partial charge >= 0.3 is 0 Å². The van der Waals surface area contributed by atoms with Crippen molar-refractivity contribution in [2.45, 2.75) is 33.7 Å². The number of rotatable bonds is 3. The first-order chi connectivity index (χ1) is 13.4. The summed E-state index contributed by atoms with van der Waals surface area (Å²) >= 11 is 0. The van der Waals surface area contributed by atoms with E-state index in [2.05, 4.69) is 45.5 Å². The Morgan fingerprint density at radius 3 is 2.64 bits per heavy atom. The van der Waals surface area contributed by atoms with Crippen molar-refractivity contribution < 1.29 is 4.79 Å². The van der Waals surface area contributed by atoms with E-state index in [1.807, 2.05) is 26.0 Å². The van der Waals surface area contributed by atoms with Gasteiger partial charge in [0.15, 0.2) is 0 Å². The Bertz CT molecular complexity index is 1060. The van der Waals surface area contributed by atoms with Crippen molar-refractivity contribution in [3.8, 4) is 17.2 Å². The van der Waals surface area contributed by atoms with E-state index in [1.54, 1.807) is 4.68 Å². The predicted molar refractivity (Wildman–Crippen MR) is 108 cm³/mol. The molecule has 0 saturated carbocycles. The molecule has 144 valence electrons. The number of nitrogens with one attached hydrogen (secondary N) is 1. The van der Waals surface area contributed by atoms with Crippen LogP contribution in [0.5, 0.6) is 0 Å². The molecule has 0 spiro atoms. The van der Waals surface area contributed by atoms with Crippen molar-refractivity contribution in [2.75, 3.05) is 18.9 Å². The second-order valence-corrected chi connectivity index (χ2v) is 7.43. The van der Waals surface area contributed by atoms with Gasteiger partial charge in [0.2, 0.25) is 5.91 Å². The summed E-state index contributed by atoms with van der Waals surface area (Å²) in [5, 5.41) is 7.27. The summed E-state index contributed by atoms with van der Waals surface area (Å²) < 4.78 is 1.70. The Hall–Kier alpha value is -3.06. The van der Waals surface area contributed by atoms with Crippen LogP contribution < -0.4 is 5.32 Å². The number of likely N-dealkylation sites (N-methyl/N-ethyl adjacent to an activating group) is 1. The van der Waals surface area contributed by atoms with Gasteiger partial charge in [-0.3, -0.25) is 4.79 Å². The van der Waals surface area contributed by atoms with Gasteiger partial charge in [0.05, 0.1) is 11.4 Å². The molecule has 0 bridgehead atoms. The maximum atomic E-state index is 11.6. The fraction of sp³-hybridized carbons (Fsp3) is 0.333. The van der Waals surface area contributed by atoms with Crippen molar-refractivity contribution in [3.05, 3.63) is 52.8 Å². The lowest BCUT2D eigenvalue weighted by Gasteiger charge is -2.25. The molecule has 1 N–H and O–H groups in total. The molecule has 7 nitrogen and oxygen atoms in total. The summed E-state index contributed by atoms with van der Waals surface area (Å²) in [7, 11) is 2.14.